The molecule has 1 aliphatic carbocycles. The summed E-state index contributed by atoms with van der Waals surface area (Å²) in [5.41, 5.74) is 1.35. The minimum absolute atomic E-state index is 0.308. The highest BCUT2D eigenvalue weighted by Crippen LogP contribution is 2.29. The van der Waals surface area contributed by atoms with E-state index < -0.39 is 0 Å². The summed E-state index contributed by atoms with van der Waals surface area (Å²) in [5, 5.41) is 2.15. The number of hydrogen-bond donors (Lipinski definition) is 0. The molecule has 1 atom stereocenters. The smallest absolute Gasteiger partial charge is 0.237 e. The van der Waals surface area contributed by atoms with E-state index in [-0.39, 0.29) is 0 Å². The number of thiophene rings is 1. The van der Waals surface area contributed by atoms with Gasteiger partial charge in [0.2, 0.25) is 5.91 Å². The largest absolute Gasteiger partial charge is 0.381 e. The van der Waals surface area contributed by atoms with Crippen LogP contribution in [0.25, 0.3) is 0 Å². The van der Waals surface area contributed by atoms with Crippen LogP contribution in [0.5, 0.6) is 0 Å². The summed E-state index contributed by atoms with van der Waals surface area (Å²) in [6.45, 7) is 5.10. The first-order valence-corrected chi connectivity index (χ1v) is 9.32. The van der Waals surface area contributed by atoms with Crippen molar-refractivity contribution in [3.63, 3.8) is 0 Å². The highest BCUT2D eigenvalue weighted by Gasteiger charge is 2.34. The highest BCUT2D eigenvalue weighted by molar-refractivity contribution is 7.10. The van der Waals surface area contributed by atoms with Crippen molar-refractivity contribution in [1.82, 2.24) is 9.80 Å². The van der Waals surface area contributed by atoms with Gasteiger partial charge in [-0.15, -0.1) is 11.3 Å². The van der Waals surface area contributed by atoms with E-state index in [0.717, 1.165) is 45.7 Å². The molecule has 0 bridgehead atoms. The third-order valence-corrected chi connectivity index (χ3v) is 6.10. The number of nitrogens with zero attached hydrogens (tertiary/aromatic N) is 2. The van der Waals surface area contributed by atoms with Gasteiger partial charge in [-0.1, -0.05) is 0 Å². The van der Waals surface area contributed by atoms with Crippen LogP contribution in [0.15, 0.2) is 11.4 Å². The van der Waals surface area contributed by atoms with Crippen LogP contribution in [-0.4, -0.2) is 54.6 Å². The van der Waals surface area contributed by atoms with Crippen molar-refractivity contribution in [1.29, 1.82) is 0 Å². The topological polar surface area (TPSA) is 32.8 Å². The van der Waals surface area contributed by atoms with E-state index in [2.05, 4.69) is 21.2 Å². The maximum atomic E-state index is 12.7. The molecule has 1 aromatic rings. The zero-order valence-electron chi connectivity index (χ0n) is 13.0. The van der Waals surface area contributed by atoms with Gasteiger partial charge >= 0.3 is 0 Å². The Labute approximate surface area is 136 Å². The molecule has 120 valence electrons. The van der Waals surface area contributed by atoms with E-state index in [1.54, 1.807) is 0 Å². The van der Waals surface area contributed by atoms with Gasteiger partial charge in [-0.3, -0.25) is 9.69 Å². The summed E-state index contributed by atoms with van der Waals surface area (Å²) in [6, 6.07) is 2.82. The molecular weight excluding hydrogens is 296 g/mol. The molecule has 0 aromatic carbocycles. The van der Waals surface area contributed by atoms with Crippen molar-refractivity contribution in [2.45, 2.75) is 38.3 Å². The van der Waals surface area contributed by atoms with Gasteiger partial charge in [-0.25, -0.2) is 0 Å². The molecule has 1 saturated carbocycles. The van der Waals surface area contributed by atoms with Crippen LogP contribution in [0.3, 0.4) is 0 Å². The Bertz CT molecular complexity index is 535. The van der Waals surface area contributed by atoms with E-state index in [4.69, 9.17) is 4.74 Å². The maximum absolute atomic E-state index is 12.7. The van der Waals surface area contributed by atoms with Crippen LogP contribution in [-0.2, 0) is 22.5 Å². The van der Waals surface area contributed by atoms with E-state index in [1.165, 1.54) is 23.3 Å². The van der Waals surface area contributed by atoms with E-state index in [0.29, 0.717) is 24.4 Å². The van der Waals surface area contributed by atoms with Crippen molar-refractivity contribution >= 4 is 17.2 Å². The van der Waals surface area contributed by atoms with E-state index >= 15 is 0 Å². The van der Waals surface area contributed by atoms with Crippen LogP contribution in [0, 0.1) is 5.92 Å². The summed E-state index contributed by atoms with van der Waals surface area (Å²) >= 11 is 1.83. The van der Waals surface area contributed by atoms with E-state index in [1.807, 2.05) is 11.3 Å². The standard InChI is InChI=1S/C17H24N2O2S/c20-17(18-6-3-16-14(10-18)5-8-22-16)11-19(15-1-2-15)9-13-4-7-21-12-13/h5,8,13,15H,1-4,6-7,9-12H2. The second-order valence-electron chi connectivity index (χ2n) is 6.82. The van der Waals surface area contributed by atoms with Crippen molar-refractivity contribution in [2.75, 3.05) is 32.8 Å². The minimum atomic E-state index is 0.308. The SMILES string of the molecule is O=C(CN(CC1CCOC1)C1CC1)N1CCc2sccc2C1. The number of carbonyl (C=O) groups is 1. The van der Waals surface area contributed by atoms with Crippen molar-refractivity contribution < 1.29 is 9.53 Å². The summed E-state index contributed by atoms with van der Waals surface area (Å²) < 4.78 is 5.49. The van der Waals surface area contributed by atoms with Gasteiger partial charge in [0.1, 0.15) is 0 Å². The first-order valence-electron chi connectivity index (χ1n) is 8.44. The Morgan fingerprint density at radius 2 is 2.32 bits per heavy atom. The Morgan fingerprint density at radius 1 is 1.41 bits per heavy atom. The Kier molecular flexibility index (Phi) is 4.20. The lowest BCUT2D eigenvalue weighted by atomic mass is 10.1. The lowest BCUT2D eigenvalue weighted by molar-refractivity contribution is -0.133. The van der Waals surface area contributed by atoms with Gasteiger partial charge in [-0.2, -0.15) is 0 Å². The monoisotopic (exact) mass is 320 g/mol. The fourth-order valence-corrected chi connectivity index (χ4v) is 4.47. The number of ether oxygens (including phenoxy) is 1. The van der Waals surface area contributed by atoms with Crippen LogP contribution in [0.1, 0.15) is 29.7 Å². The molecule has 2 fully saturated rings. The van der Waals surface area contributed by atoms with Crippen molar-refractivity contribution in [3.8, 4) is 0 Å². The molecule has 0 radical (unpaired) electrons. The first kappa shape index (κ1) is 14.7. The lowest BCUT2D eigenvalue weighted by Gasteiger charge is -2.31. The number of fused-ring (bicyclic) bond motifs is 1. The number of amides is 1. The molecule has 5 heteroatoms. The molecule has 1 aromatic heterocycles. The van der Waals surface area contributed by atoms with E-state index in [9.17, 15) is 4.79 Å². The van der Waals surface area contributed by atoms with Crippen molar-refractivity contribution in [2.24, 2.45) is 5.92 Å². The quantitative estimate of drug-likeness (QED) is 0.833. The third kappa shape index (κ3) is 3.21. The molecule has 0 spiro atoms. The fraction of sp³-hybridized carbons (Fsp3) is 0.706. The zero-order chi connectivity index (χ0) is 14.9. The third-order valence-electron chi connectivity index (χ3n) is 5.08. The zero-order valence-corrected chi connectivity index (χ0v) is 13.8. The summed E-state index contributed by atoms with van der Waals surface area (Å²) in [7, 11) is 0. The molecule has 0 N–H and O–H groups in total. The van der Waals surface area contributed by atoms with Gasteiger partial charge in [0.15, 0.2) is 0 Å². The maximum Gasteiger partial charge on any atom is 0.237 e. The molecule has 1 saturated heterocycles. The average Bonchev–Trinajstić information content (AvgIpc) is 3.06. The molecule has 3 heterocycles. The van der Waals surface area contributed by atoms with Crippen LogP contribution < -0.4 is 0 Å². The Morgan fingerprint density at radius 3 is 3.09 bits per heavy atom. The molecule has 3 aliphatic rings. The van der Waals surface area contributed by atoms with Gasteiger partial charge in [-0.05, 0) is 48.6 Å². The first-order chi connectivity index (χ1) is 10.8. The second-order valence-corrected chi connectivity index (χ2v) is 7.83. The number of carbonyl (C=O) groups excluding carboxylic acids is 1. The molecule has 1 unspecified atom stereocenters. The Hall–Kier alpha value is -0.910. The summed E-state index contributed by atoms with van der Waals surface area (Å²) in [5.74, 6) is 0.931. The van der Waals surface area contributed by atoms with Crippen molar-refractivity contribution in [3.05, 3.63) is 21.9 Å². The predicted molar refractivity (Wildman–Crippen MR) is 87.0 cm³/mol. The van der Waals surface area contributed by atoms with Crippen LogP contribution in [0.4, 0.5) is 0 Å². The van der Waals surface area contributed by atoms with Gasteiger partial charge < -0.3 is 9.64 Å². The molecule has 4 rings (SSSR count). The molecule has 1 amide bonds. The van der Waals surface area contributed by atoms with Gasteiger partial charge in [0, 0.05) is 37.2 Å². The van der Waals surface area contributed by atoms with Gasteiger partial charge in [0.25, 0.3) is 0 Å². The highest BCUT2D eigenvalue weighted by atomic mass is 32.1. The summed E-state index contributed by atoms with van der Waals surface area (Å²) in [4.78, 5) is 18.6. The number of hydrogen-bond acceptors (Lipinski definition) is 4. The molecule has 2 aliphatic heterocycles. The average molecular weight is 320 g/mol. The lowest BCUT2D eigenvalue weighted by Crippen LogP contribution is -2.44. The normalized spacial score (nSPS) is 24.8. The Balaban J connectivity index is 1.35. The molecular formula is C17H24N2O2S. The second kappa shape index (κ2) is 6.30. The minimum Gasteiger partial charge on any atom is -0.381 e. The predicted octanol–water partition coefficient (Wildman–Crippen LogP) is 2.13. The van der Waals surface area contributed by atoms with Gasteiger partial charge in [0.05, 0.1) is 13.2 Å². The van der Waals surface area contributed by atoms with Crippen LogP contribution >= 0.6 is 11.3 Å². The summed E-state index contributed by atoms with van der Waals surface area (Å²) in [6.07, 6.45) is 4.70. The molecule has 22 heavy (non-hydrogen) atoms. The van der Waals surface area contributed by atoms with Crippen LogP contribution in [0.2, 0.25) is 0 Å². The fourth-order valence-electron chi connectivity index (χ4n) is 3.58. The molecule has 4 nitrogen and oxygen atoms in total. The number of rotatable bonds is 5.